The van der Waals surface area contributed by atoms with Crippen LogP contribution in [0.25, 0.3) is 0 Å². The number of oxime groups is 1. The number of nitrogens with zero attached hydrogens (tertiary/aromatic N) is 3. The summed E-state index contributed by atoms with van der Waals surface area (Å²) in [6, 6.07) is 5.69. The van der Waals surface area contributed by atoms with Crippen molar-refractivity contribution in [1.29, 1.82) is 0 Å². The Kier molecular flexibility index (Phi) is 3.97. The summed E-state index contributed by atoms with van der Waals surface area (Å²) < 4.78 is 0. The molecule has 4 nitrogen and oxygen atoms in total. The van der Waals surface area contributed by atoms with Gasteiger partial charge in [0.1, 0.15) is 0 Å². The zero-order valence-electron chi connectivity index (χ0n) is 9.18. The molecular formula is C11H15N3O. The fourth-order valence-electron chi connectivity index (χ4n) is 1.15. The molecular weight excluding hydrogens is 190 g/mol. The fraction of sp³-hybridized carbons (Fsp3) is 0.364. The molecule has 0 aliphatic heterocycles. The summed E-state index contributed by atoms with van der Waals surface area (Å²) in [5, 5.41) is 11.7. The third-order valence-electron chi connectivity index (χ3n) is 2.18. The molecule has 0 aliphatic carbocycles. The molecule has 80 valence electrons. The van der Waals surface area contributed by atoms with Gasteiger partial charge < -0.3 is 5.21 Å². The van der Waals surface area contributed by atoms with Crippen LogP contribution in [0.5, 0.6) is 0 Å². The second-order valence-electron chi connectivity index (χ2n) is 3.33. The number of aromatic nitrogens is 1. The van der Waals surface area contributed by atoms with Gasteiger partial charge >= 0.3 is 0 Å². The summed E-state index contributed by atoms with van der Waals surface area (Å²) in [6.07, 6.45) is 1.74. The van der Waals surface area contributed by atoms with Gasteiger partial charge in [0.2, 0.25) is 0 Å². The van der Waals surface area contributed by atoms with Gasteiger partial charge in [0.15, 0.2) is 0 Å². The number of rotatable bonds is 3. The molecule has 1 N–H and O–H groups in total. The molecule has 0 fully saturated rings. The molecule has 0 bridgehead atoms. The molecule has 1 heterocycles. The zero-order chi connectivity index (χ0) is 11.3. The van der Waals surface area contributed by atoms with E-state index in [-0.39, 0.29) is 6.04 Å². The monoisotopic (exact) mass is 205 g/mol. The predicted molar refractivity (Wildman–Crippen MR) is 60.7 cm³/mol. The Balaban J connectivity index is 2.84. The highest BCUT2D eigenvalue weighted by atomic mass is 16.4. The maximum Gasteiger partial charge on any atom is 0.0971 e. The van der Waals surface area contributed by atoms with E-state index < -0.39 is 0 Å². The smallest absolute Gasteiger partial charge is 0.0971 e. The van der Waals surface area contributed by atoms with E-state index in [4.69, 9.17) is 5.21 Å². The van der Waals surface area contributed by atoms with E-state index in [0.29, 0.717) is 5.71 Å². The van der Waals surface area contributed by atoms with Crippen molar-refractivity contribution in [3.63, 3.8) is 0 Å². The largest absolute Gasteiger partial charge is 0.411 e. The molecule has 4 heteroatoms. The van der Waals surface area contributed by atoms with Crippen molar-refractivity contribution < 1.29 is 5.21 Å². The van der Waals surface area contributed by atoms with Crippen molar-refractivity contribution in [2.24, 2.45) is 10.1 Å². The van der Waals surface area contributed by atoms with Crippen LogP contribution in [0.2, 0.25) is 0 Å². The van der Waals surface area contributed by atoms with Gasteiger partial charge in [-0.1, -0.05) is 11.2 Å². The average molecular weight is 205 g/mol. The molecule has 0 saturated heterocycles. The van der Waals surface area contributed by atoms with Crippen molar-refractivity contribution in [3.8, 4) is 0 Å². The third-order valence-corrected chi connectivity index (χ3v) is 2.18. The van der Waals surface area contributed by atoms with Gasteiger partial charge in [-0.2, -0.15) is 0 Å². The van der Waals surface area contributed by atoms with E-state index in [2.05, 4.69) is 15.1 Å². The van der Waals surface area contributed by atoms with Crippen LogP contribution < -0.4 is 0 Å². The minimum atomic E-state index is -0.0251. The van der Waals surface area contributed by atoms with E-state index in [0.717, 1.165) is 11.4 Å². The normalized spacial score (nSPS) is 15.1. The summed E-state index contributed by atoms with van der Waals surface area (Å²) in [6.45, 7) is 5.48. The summed E-state index contributed by atoms with van der Waals surface area (Å²) >= 11 is 0. The molecule has 0 aromatic carbocycles. The average Bonchev–Trinajstić information content (AvgIpc) is 2.29. The first-order chi connectivity index (χ1) is 7.15. The lowest BCUT2D eigenvalue weighted by Gasteiger charge is -2.06. The minimum absolute atomic E-state index is 0.0251. The minimum Gasteiger partial charge on any atom is -0.411 e. The number of hydrogen-bond donors (Lipinski definition) is 1. The molecule has 0 spiro atoms. The van der Waals surface area contributed by atoms with Crippen LogP contribution in [0.4, 0.5) is 0 Å². The first kappa shape index (κ1) is 11.4. The Morgan fingerprint density at radius 2 is 2.07 bits per heavy atom. The fourth-order valence-corrected chi connectivity index (χ4v) is 1.15. The van der Waals surface area contributed by atoms with Gasteiger partial charge in [-0.3, -0.25) is 9.98 Å². The Morgan fingerprint density at radius 1 is 1.33 bits per heavy atom. The van der Waals surface area contributed by atoms with Gasteiger partial charge in [0, 0.05) is 6.20 Å². The summed E-state index contributed by atoms with van der Waals surface area (Å²) in [5.74, 6) is 0. The molecule has 1 aromatic heterocycles. The molecule has 1 atom stereocenters. The summed E-state index contributed by atoms with van der Waals surface area (Å²) in [5.41, 5.74) is 2.15. The standard InChI is InChI=1S/C11H15N3O/c1-8(9(2)14-15)13-10(3)11-6-4-5-7-12-11/h4-7,10,15H,1-3H3/b13-8?,14-9+. The topological polar surface area (TPSA) is 57.8 Å². The summed E-state index contributed by atoms with van der Waals surface area (Å²) in [4.78, 5) is 8.59. The Labute approximate surface area is 89.4 Å². The molecule has 1 unspecified atom stereocenters. The van der Waals surface area contributed by atoms with E-state index >= 15 is 0 Å². The lowest BCUT2D eigenvalue weighted by atomic mass is 10.2. The Morgan fingerprint density at radius 3 is 2.60 bits per heavy atom. The van der Waals surface area contributed by atoms with E-state index in [9.17, 15) is 0 Å². The lowest BCUT2D eigenvalue weighted by molar-refractivity contribution is 0.320. The van der Waals surface area contributed by atoms with E-state index in [1.54, 1.807) is 13.1 Å². The lowest BCUT2D eigenvalue weighted by Crippen LogP contribution is -2.07. The second kappa shape index (κ2) is 5.24. The first-order valence-corrected chi connectivity index (χ1v) is 4.79. The Bertz CT molecular complexity index is 371. The van der Waals surface area contributed by atoms with Crippen LogP contribution in [0.15, 0.2) is 34.5 Å². The summed E-state index contributed by atoms with van der Waals surface area (Å²) in [7, 11) is 0. The van der Waals surface area contributed by atoms with Gasteiger partial charge in [-0.25, -0.2) is 0 Å². The molecule has 0 saturated carbocycles. The van der Waals surface area contributed by atoms with Crippen LogP contribution >= 0.6 is 0 Å². The highest BCUT2D eigenvalue weighted by Crippen LogP contribution is 2.13. The number of aliphatic imine (C=N–C) groups is 1. The third kappa shape index (κ3) is 3.16. The molecule has 1 aromatic rings. The quantitative estimate of drug-likeness (QED) is 0.468. The highest BCUT2D eigenvalue weighted by Gasteiger charge is 2.05. The molecule has 0 radical (unpaired) electrons. The van der Waals surface area contributed by atoms with E-state index in [1.807, 2.05) is 32.0 Å². The zero-order valence-corrected chi connectivity index (χ0v) is 9.18. The van der Waals surface area contributed by atoms with Crippen LogP contribution in [-0.4, -0.2) is 21.6 Å². The Hall–Kier alpha value is -1.71. The molecule has 0 amide bonds. The predicted octanol–water partition coefficient (Wildman–Crippen LogP) is 2.45. The number of pyridine rings is 1. The number of hydrogen-bond acceptors (Lipinski definition) is 4. The van der Waals surface area contributed by atoms with Crippen molar-refractivity contribution in [2.45, 2.75) is 26.8 Å². The van der Waals surface area contributed by atoms with Gasteiger partial charge in [0.05, 0.1) is 23.2 Å². The first-order valence-electron chi connectivity index (χ1n) is 4.79. The van der Waals surface area contributed by atoms with Gasteiger partial charge in [-0.05, 0) is 32.9 Å². The van der Waals surface area contributed by atoms with Crippen LogP contribution in [0, 0.1) is 0 Å². The molecule has 15 heavy (non-hydrogen) atoms. The van der Waals surface area contributed by atoms with Crippen molar-refractivity contribution in [2.75, 3.05) is 0 Å². The molecule has 0 aliphatic rings. The van der Waals surface area contributed by atoms with Crippen molar-refractivity contribution >= 4 is 11.4 Å². The van der Waals surface area contributed by atoms with Crippen molar-refractivity contribution in [3.05, 3.63) is 30.1 Å². The SMILES string of the molecule is CC(=NC(C)c1ccccn1)/C(C)=N/O. The van der Waals surface area contributed by atoms with Gasteiger partial charge in [0.25, 0.3) is 0 Å². The van der Waals surface area contributed by atoms with Crippen LogP contribution in [0.1, 0.15) is 32.5 Å². The second-order valence-corrected chi connectivity index (χ2v) is 3.33. The maximum absolute atomic E-state index is 8.58. The maximum atomic E-state index is 8.58. The van der Waals surface area contributed by atoms with E-state index in [1.165, 1.54) is 0 Å². The van der Waals surface area contributed by atoms with Crippen LogP contribution in [0.3, 0.4) is 0 Å². The van der Waals surface area contributed by atoms with Crippen molar-refractivity contribution in [1.82, 2.24) is 4.98 Å². The highest BCUT2D eigenvalue weighted by molar-refractivity contribution is 6.40. The van der Waals surface area contributed by atoms with Crippen LogP contribution in [-0.2, 0) is 0 Å². The van der Waals surface area contributed by atoms with Gasteiger partial charge in [-0.15, -0.1) is 0 Å². The molecule has 1 rings (SSSR count).